The van der Waals surface area contributed by atoms with Crippen molar-refractivity contribution >= 4 is 28.8 Å². The summed E-state index contributed by atoms with van der Waals surface area (Å²) >= 11 is 1.61. The van der Waals surface area contributed by atoms with Gasteiger partial charge in [0.2, 0.25) is 5.91 Å². The second-order valence-corrected chi connectivity index (χ2v) is 7.58. The first-order chi connectivity index (χ1) is 11.6. The Hall–Kier alpha value is -2.08. The Labute approximate surface area is 145 Å². The third-order valence-electron chi connectivity index (χ3n) is 5.36. The summed E-state index contributed by atoms with van der Waals surface area (Å²) in [6, 6.07) is 5.72. The summed E-state index contributed by atoms with van der Waals surface area (Å²) in [5.41, 5.74) is 1.28. The van der Waals surface area contributed by atoms with Crippen molar-refractivity contribution in [2.75, 3.05) is 24.5 Å². The molecule has 1 spiro atoms. The summed E-state index contributed by atoms with van der Waals surface area (Å²) in [6.07, 6.45) is 4.48. The second kappa shape index (κ2) is 5.77. The maximum Gasteiger partial charge on any atom is 0.270 e. The zero-order valence-electron chi connectivity index (χ0n) is 13.8. The average molecular weight is 343 g/mol. The number of aryl methyl sites for hydroxylation is 1. The van der Waals surface area contributed by atoms with Gasteiger partial charge in [0.15, 0.2) is 0 Å². The van der Waals surface area contributed by atoms with Gasteiger partial charge in [-0.2, -0.15) is 11.3 Å². The Morgan fingerprint density at radius 1 is 1.25 bits per heavy atom. The molecule has 4 rings (SSSR count). The van der Waals surface area contributed by atoms with E-state index in [9.17, 15) is 9.59 Å². The van der Waals surface area contributed by atoms with Crippen molar-refractivity contribution in [1.29, 1.82) is 0 Å². The summed E-state index contributed by atoms with van der Waals surface area (Å²) < 4.78 is 1.84. The van der Waals surface area contributed by atoms with Gasteiger partial charge in [-0.3, -0.25) is 9.59 Å². The van der Waals surface area contributed by atoms with E-state index in [1.54, 1.807) is 11.3 Å². The number of piperidine rings is 1. The quantitative estimate of drug-likeness (QED) is 0.842. The Morgan fingerprint density at radius 2 is 2.12 bits per heavy atom. The third-order valence-corrected chi connectivity index (χ3v) is 6.03. The molecule has 0 N–H and O–H groups in total. The van der Waals surface area contributed by atoms with Crippen LogP contribution in [0.3, 0.4) is 0 Å². The first kappa shape index (κ1) is 15.4. The largest absolute Gasteiger partial charge is 0.347 e. The van der Waals surface area contributed by atoms with E-state index in [1.165, 1.54) is 0 Å². The van der Waals surface area contributed by atoms with Gasteiger partial charge in [-0.1, -0.05) is 0 Å². The van der Waals surface area contributed by atoms with Crippen LogP contribution in [0.15, 0.2) is 35.2 Å². The molecule has 4 heterocycles. The van der Waals surface area contributed by atoms with E-state index in [-0.39, 0.29) is 11.8 Å². The zero-order valence-corrected chi connectivity index (χ0v) is 14.6. The van der Waals surface area contributed by atoms with Crippen LogP contribution in [0.25, 0.3) is 0 Å². The lowest BCUT2D eigenvalue weighted by Crippen LogP contribution is -2.50. The molecule has 2 amide bonds. The molecule has 2 fully saturated rings. The minimum atomic E-state index is -0.402. The Kier molecular flexibility index (Phi) is 3.72. The van der Waals surface area contributed by atoms with Crippen molar-refractivity contribution < 1.29 is 9.59 Å². The van der Waals surface area contributed by atoms with Gasteiger partial charge in [0.1, 0.15) is 5.69 Å². The maximum atomic E-state index is 13.1. The molecular formula is C18H21N3O2S. The Bertz CT molecular complexity index is 767. The van der Waals surface area contributed by atoms with Crippen LogP contribution >= 0.6 is 11.3 Å². The average Bonchev–Trinajstić information content (AvgIpc) is 3.31. The van der Waals surface area contributed by atoms with Crippen molar-refractivity contribution in [3.8, 4) is 0 Å². The molecule has 24 heavy (non-hydrogen) atoms. The number of hydrogen-bond acceptors (Lipinski definition) is 3. The minimum Gasteiger partial charge on any atom is -0.347 e. The molecule has 5 nitrogen and oxygen atoms in total. The van der Waals surface area contributed by atoms with Gasteiger partial charge >= 0.3 is 0 Å². The van der Waals surface area contributed by atoms with Crippen LogP contribution in [0.2, 0.25) is 0 Å². The van der Waals surface area contributed by atoms with Crippen LogP contribution in [-0.4, -0.2) is 40.9 Å². The number of amides is 2. The van der Waals surface area contributed by atoms with Crippen LogP contribution in [-0.2, 0) is 11.8 Å². The van der Waals surface area contributed by atoms with E-state index >= 15 is 0 Å². The lowest BCUT2D eigenvalue weighted by molar-refractivity contribution is -0.127. The first-order valence-electron chi connectivity index (χ1n) is 8.35. The van der Waals surface area contributed by atoms with Crippen LogP contribution < -0.4 is 4.90 Å². The number of nitrogens with zero attached hydrogens (tertiary/aromatic N) is 3. The van der Waals surface area contributed by atoms with Crippen LogP contribution in [0.1, 0.15) is 29.8 Å². The number of hydrogen-bond donors (Lipinski definition) is 0. The molecule has 2 saturated heterocycles. The molecule has 2 aliphatic heterocycles. The summed E-state index contributed by atoms with van der Waals surface area (Å²) in [7, 11) is 1.88. The minimum absolute atomic E-state index is 0.0309. The van der Waals surface area contributed by atoms with E-state index in [0.29, 0.717) is 12.2 Å². The van der Waals surface area contributed by atoms with Gasteiger partial charge in [-0.25, -0.2) is 0 Å². The van der Waals surface area contributed by atoms with E-state index in [1.807, 2.05) is 56.6 Å². The number of carbonyl (C=O) groups excluding carboxylic acids is 2. The molecule has 0 aromatic carbocycles. The number of likely N-dealkylation sites (tertiary alicyclic amines) is 1. The molecule has 0 bridgehead atoms. The maximum absolute atomic E-state index is 13.1. The van der Waals surface area contributed by atoms with Gasteiger partial charge in [0.05, 0.1) is 11.1 Å². The smallest absolute Gasteiger partial charge is 0.270 e. The highest BCUT2D eigenvalue weighted by molar-refractivity contribution is 7.08. The number of aromatic nitrogens is 1. The van der Waals surface area contributed by atoms with Gasteiger partial charge < -0.3 is 14.4 Å². The molecule has 2 aromatic rings. The molecule has 2 aliphatic rings. The molecule has 0 saturated carbocycles. The highest BCUT2D eigenvalue weighted by Crippen LogP contribution is 2.42. The fourth-order valence-electron chi connectivity index (χ4n) is 4.01. The summed E-state index contributed by atoms with van der Waals surface area (Å²) in [4.78, 5) is 29.7. The SMILES string of the molecule is Cn1cccc1C(=O)N1CCCC2(CCN(c3ccsc3)C2=O)C1. The van der Waals surface area contributed by atoms with Crippen molar-refractivity contribution in [2.45, 2.75) is 19.3 Å². The number of anilines is 1. The highest BCUT2D eigenvalue weighted by Gasteiger charge is 2.50. The van der Waals surface area contributed by atoms with E-state index in [2.05, 4.69) is 0 Å². The van der Waals surface area contributed by atoms with Crippen molar-refractivity contribution in [2.24, 2.45) is 12.5 Å². The van der Waals surface area contributed by atoms with Crippen molar-refractivity contribution in [3.05, 3.63) is 40.8 Å². The number of carbonyl (C=O) groups is 2. The van der Waals surface area contributed by atoms with Crippen LogP contribution in [0.4, 0.5) is 5.69 Å². The lowest BCUT2D eigenvalue weighted by Gasteiger charge is -2.39. The monoisotopic (exact) mass is 343 g/mol. The van der Waals surface area contributed by atoms with E-state index in [0.717, 1.165) is 38.0 Å². The standard InChI is InChI=1S/C18H21N3O2S/c1-19-8-2-4-15(19)16(22)20-9-3-6-18(13-20)7-10-21(17(18)23)14-5-11-24-12-14/h2,4-5,8,11-12H,3,6-7,9-10,13H2,1H3. The molecule has 0 radical (unpaired) electrons. The first-order valence-corrected chi connectivity index (χ1v) is 9.30. The molecular weight excluding hydrogens is 322 g/mol. The molecule has 1 unspecified atom stereocenters. The lowest BCUT2D eigenvalue weighted by atomic mass is 9.78. The van der Waals surface area contributed by atoms with Crippen molar-refractivity contribution in [1.82, 2.24) is 9.47 Å². The molecule has 2 aromatic heterocycles. The molecule has 0 aliphatic carbocycles. The van der Waals surface area contributed by atoms with Gasteiger partial charge in [-0.05, 0) is 42.8 Å². The van der Waals surface area contributed by atoms with Crippen LogP contribution in [0.5, 0.6) is 0 Å². The normalized spacial score (nSPS) is 24.1. The number of rotatable bonds is 2. The summed E-state index contributed by atoms with van der Waals surface area (Å²) in [5.74, 6) is 0.216. The fraction of sp³-hybridized carbons (Fsp3) is 0.444. The van der Waals surface area contributed by atoms with Gasteiger partial charge in [-0.15, -0.1) is 0 Å². The molecule has 6 heteroatoms. The molecule has 1 atom stereocenters. The highest BCUT2D eigenvalue weighted by atomic mass is 32.1. The zero-order chi connectivity index (χ0) is 16.7. The third kappa shape index (κ3) is 2.36. The van der Waals surface area contributed by atoms with Crippen molar-refractivity contribution in [3.63, 3.8) is 0 Å². The predicted octanol–water partition coefficient (Wildman–Crippen LogP) is 2.75. The Balaban J connectivity index is 1.56. The van der Waals surface area contributed by atoms with E-state index < -0.39 is 5.41 Å². The van der Waals surface area contributed by atoms with Gasteiger partial charge in [0, 0.05) is 38.3 Å². The Morgan fingerprint density at radius 3 is 2.83 bits per heavy atom. The summed E-state index contributed by atoms with van der Waals surface area (Å²) in [6.45, 7) is 2.02. The van der Waals surface area contributed by atoms with Crippen LogP contribution in [0, 0.1) is 5.41 Å². The molecule has 126 valence electrons. The second-order valence-electron chi connectivity index (χ2n) is 6.80. The summed E-state index contributed by atoms with van der Waals surface area (Å²) in [5, 5.41) is 4.02. The van der Waals surface area contributed by atoms with Gasteiger partial charge in [0.25, 0.3) is 5.91 Å². The van der Waals surface area contributed by atoms with E-state index in [4.69, 9.17) is 0 Å². The predicted molar refractivity (Wildman–Crippen MR) is 94.3 cm³/mol. The topological polar surface area (TPSA) is 45.6 Å². The fourth-order valence-corrected chi connectivity index (χ4v) is 4.65. The number of thiophene rings is 1.